The Kier molecular flexibility index (Phi) is 6.51. The SMILES string of the molecule is C=CS(=O)(=O)Nc1cccc(-c2c(Cl)cc(CC(N)=O)c3[nH]c4c(c23)CC[C@@H](C(C)(C)O)C4)c1C. The second kappa shape index (κ2) is 9.00. The lowest BCUT2D eigenvalue weighted by Crippen LogP contribution is -2.34. The molecule has 3 aromatic rings. The molecule has 1 atom stereocenters. The Balaban J connectivity index is 1.98. The highest BCUT2D eigenvalue weighted by Crippen LogP contribution is 2.45. The number of aryl methyl sites for hydroxylation is 1. The van der Waals surface area contributed by atoms with E-state index in [1.165, 1.54) is 0 Å². The number of sulfonamides is 1. The van der Waals surface area contributed by atoms with Gasteiger partial charge in [0, 0.05) is 27.1 Å². The summed E-state index contributed by atoms with van der Waals surface area (Å²) in [4.78, 5) is 15.3. The Labute approximate surface area is 210 Å². The zero-order chi connectivity index (χ0) is 25.7. The monoisotopic (exact) mass is 515 g/mol. The fraction of sp³-hybridized carbons (Fsp3) is 0.346. The number of benzene rings is 2. The molecule has 9 heteroatoms. The first-order chi connectivity index (χ1) is 16.3. The van der Waals surface area contributed by atoms with E-state index in [0.717, 1.165) is 51.5 Å². The number of halogens is 1. The van der Waals surface area contributed by atoms with Gasteiger partial charge in [-0.1, -0.05) is 30.3 Å². The fourth-order valence-corrected chi connectivity index (χ4v) is 5.99. The first-order valence-corrected chi connectivity index (χ1v) is 13.4. The number of nitrogens with two attached hydrogens (primary N) is 1. The van der Waals surface area contributed by atoms with E-state index in [0.29, 0.717) is 28.3 Å². The van der Waals surface area contributed by atoms with Gasteiger partial charge in [0.25, 0.3) is 10.0 Å². The molecule has 1 heterocycles. The Morgan fingerprint density at radius 2 is 2.11 bits per heavy atom. The molecule has 0 bridgehead atoms. The van der Waals surface area contributed by atoms with Crippen molar-refractivity contribution in [1.29, 1.82) is 0 Å². The smallest absolute Gasteiger partial charge is 0.254 e. The maximum Gasteiger partial charge on any atom is 0.254 e. The summed E-state index contributed by atoms with van der Waals surface area (Å²) >= 11 is 6.85. The van der Waals surface area contributed by atoms with Crippen molar-refractivity contribution in [2.75, 3.05) is 4.72 Å². The number of anilines is 1. The highest BCUT2D eigenvalue weighted by atomic mass is 35.5. The molecule has 0 saturated carbocycles. The minimum atomic E-state index is -3.69. The number of aliphatic hydroxyl groups is 1. The molecule has 7 nitrogen and oxygen atoms in total. The zero-order valence-electron chi connectivity index (χ0n) is 20.0. The van der Waals surface area contributed by atoms with Gasteiger partial charge in [0.15, 0.2) is 0 Å². The van der Waals surface area contributed by atoms with Crippen LogP contribution < -0.4 is 10.5 Å². The number of nitrogens with one attached hydrogen (secondary N) is 2. The van der Waals surface area contributed by atoms with Crippen molar-refractivity contribution in [3.8, 4) is 11.1 Å². The maximum absolute atomic E-state index is 12.1. The van der Waals surface area contributed by atoms with Crippen molar-refractivity contribution in [2.24, 2.45) is 11.7 Å². The minimum absolute atomic E-state index is 0.0307. The fourth-order valence-electron chi connectivity index (χ4n) is 5.05. The molecule has 1 aliphatic carbocycles. The number of hydrogen-bond donors (Lipinski definition) is 4. The minimum Gasteiger partial charge on any atom is -0.390 e. The molecular formula is C26H30ClN3O4S. The van der Waals surface area contributed by atoms with Crippen LogP contribution in [0.4, 0.5) is 5.69 Å². The van der Waals surface area contributed by atoms with Crippen LogP contribution in [0.15, 0.2) is 36.3 Å². The van der Waals surface area contributed by atoms with Crippen LogP contribution in [0.1, 0.15) is 42.7 Å². The lowest BCUT2D eigenvalue weighted by atomic mass is 9.77. The van der Waals surface area contributed by atoms with Crippen molar-refractivity contribution in [3.05, 3.63) is 63.7 Å². The lowest BCUT2D eigenvalue weighted by molar-refractivity contribution is -0.117. The van der Waals surface area contributed by atoms with Gasteiger partial charge in [-0.2, -0.15) is 0 Å². The number of H-pyrrole nitrogens is 1. The van der Waals surface area contributed by atoms with E-state index in [1.807, 2.05) is 26.8 Å². The highest BCUT2D eigenvalue weighted by molar-refractivity contribution is 7.95. The number of aromatic nitrogens is 1. The van der Waals surface area contributed by atoms with Crippen molar-refractivity contribution >= 4 is 44.1 Å². The van der Waals surface area contributed by atoms with Gasteiger partial charge in [-0.25, -0.2) is 8.42 Å². The summed E-state index contributed by atoms with van der Waals surface area (Å²) in [6, 6.07) is 7.11. The Morgan fingerprint density at radius 3 is 2.74 bits per heavy atom. The van der Waals surface area contributed by atoms with E-state index in [1.54, 1.807) is 18.2 Å². The van der Waals surface area contributed by atoms with Crippen molar-refractivity contribution in [2.45, 2.75) is 52.1 Å². The number of carbonyl (C=O) groups excluding carboxylic acids is 1. The lowest BCUT2D eigenvalue weighted by Gasteiger charge is -2.32. The van der Waals surface area contributed by atoms with Crippen LogP contribution in [0.3, 0.4) is 0 Å². The topological polar surface area (TPSA) is 125 Å². The van der Waals surface area contributed by atoms with Crippen molar-refractivity contribution in [1.82, 2.24) is 4.98 Å². The summed E-state index contributed by atoms with van der Waals surface area (Å²) in [5.74, 6) is -0.381. The Bertz CT molecular complexity index is 1450. The average molecular weight is 516 g/mol. The van der Waals surface area contributed by atoms with E-state index in [-0.39, 0.29) is 12.3 Å². The molecule has 2 aromatic carbocycles. The molecule has 35 heavy (non-hydrogen) atoms. The van der Waals surface area contributed by atoms with Gasteiger partial charge in [-0.05, 0) is 80.3 Å². The largest absolute Gasteiger partial charge is 0.390 e. The third-order valence-corrected chi connectivity index (χ3v) is 8.18. The number of aromatic amines is 1. The van der Waals surface area contributed by atoms with Gasteiger partial charge in [0.05, 0.1) is 23.2 Å². The molecule has 5 N–H and O–H groups in total. The summed E-state index contributed by atoms with van der Waals surface area (Å²) in [6.07, 6.45) is 2.23. The molecule has 1 aliphatic rings. The molecule has 0 radical (unpaired) electrons. The van der Waals surface area contributed by atoms with E-state index >= 15 is 0 Å². The third-order valence-electron chi connectivity index (χ3n) is 6.93. The molecule has 1 aromatic heterocycles. The van der Waals surface area contributed by atoms with E-state index in [2.05, 4.69) is 16.3 Å². The highest BCUT2D eigenvalue weighted by Gasteiger charge is 2.33. The van der Waals surface area contributed by atoms with Crippen LogP contribution in [0.5, 0.6) is 0 Å². The summed E-state index contributed by atoms with van der Waals surface area (Å²) in [6.45, 7) is 8.84. The van der Waals surface area contributed by atoms with Gasteiger partial charge < -0.3 is 15.8 Å². The molecular weight excluding hydrogens is 486 g/mol. The zero-order valence-corrected chi connectivity index (χ0v) is 21.6. The summed E-state index contributed by atoms with van der Waals surface area (Å²) < 4.78 is 26.8. The second-order valence-electron chi connectivity index (χ2n) is 9.75. The number of fused-ring (bicyclic) bond motifs is 3. The van der Waals surface area contributed by atoms with Crippen molar-refractivity contribution < 1.29 is 18.3 Å². The normalized spacial score (nSPS) is 16.2. The molecule has 0 fully saturated rings. The standard InChI is InChI=1S/C26H30ClN3O4S/c1-5-35(33,34)30-20-8-6-7-17(14(20)2)23-19(27)11-15(12-22(28)31)25-24(23)18-10-9-16(26(3,4)32)13-21(18)29-25/h5-8,11,16,29-30,32H,1,9-10,12-13H2,2-4H3,(H2,28,31)/t16-/m1/s1. The molecule has 4 rings (SSSR count). The van der Waals surface area contributed by atoms with Gasteiger partial charge >= 0.3 is 0 Å². The predicted molar refractivity (Wildman–Crippen MR) is 141 cm³/mol. The first-order valence-electron chi connectivity index (χ1n) is 11.4. The number of amides is 1. The summed E-state index contributed by atoms with van der Waals surface area (Å²) in [5.41, 5.74) is 11.0. The van der Waals surface area contributed by atoms with Gasteiger partial charge in [0.2, 0.25) is 5.91 Å². The molecule has 0 unspecified atom stereocenters. The molecule has 1 amide bonds. The van der Waals surface area contributed by atoms with E-state index in [9.17, 15) is 18.3 Å². The predicted octanol–water partition coefficient (Wildman–Crippen LogP) is 4.59. The molecule has 186 valence electrons. The first kappa shape index (κ1) is 25.3. The van der Waals surface area contributed by atoms with Crippen molar-refractivity contribution in [3.63, 3.8) is 0 Å². The van der Waals surface area contributed by atoms with Crippen LogP contribution in [0.25, 0.3) is 22.0 Å². The van der Waals surface area contributed by atoms with Gasteiger partial charge in [-0.15, -0.1) is 0 Å². The number of carbonyl (C=O) groups is 1. The summed E-state index contributed by atoms with van der Waals surface area (Å²) in [5, 5.41) is 12.8. The van der Waals surface area contributed by atoms with Crippen LogP contribution in [0.2, 0.25) is 5.02 Å². The second-order valence-corrected chi connectivity index (χ2v) is 11.8. The molecule has 0 aliphatic heterocycles. The molecule has 0 spiro atoms. The average Bonchev–Trinajstić information content (AvgIpc) is 3.14. The van der Waals surface area contributed by atoms with E-state index < -0.39 is 21.5 Å². The van der Waals surface area contributed by atoms with Crippen LogP contribution in [0, 0.1) is 12.8 Å². The number of rotatable bonds is 7. The Hall–Kier alpha value is -2.81. The van der Waals surface area contributed by atoms with Crippen LogP contribution in [-0.2, 0) is 34.1 Å². The van der Waals surface area contributed by atoms with Gasteiger partial charge in [-0.3, -0.25) is 9.52 Å². The third kappa shape index (κ3) is 4.83. The summed E-state index contributed by atoms with van der Waals surface area (Å²) in [7, 11) is -3.69. The quantitative estimate of drug-likeness (QED) is 0.367. The van der Waals surface area contributed by atoms with Crippen LogP contribution in [-0.4, -0.2) is 30.0 Å². The molecule has 0 saturated heterocycles. The van der Waals surface area contributed by atoms with E-state index in [4.69, 9.17) is 17.3 Å². The maximum atomic E-state index is 12.1. The van der Waals surface area contributed by atoms with Crippen LogP contribution >= 0.6 is 11.6 Å². The number of hydrogen-bond acceptors (Lipinski definition) is 4. The van der Waals surface area contributed by atoms with Gasteiger partial charge in [0.1, 0.15) is 0 Å². The Morgan fingerprint density at radius 1 is 1.40 bits per heavy atom. The number of primary amides is 1.